The molecule has 1 saturated heterocycles. The number of nitrogens with zero attached hydrogens (tertiary/aromatic N) is 1. The molecule has 1 amide bonds. The van der Waals surface area contributed by atoms with Gasteiger partial charge in [-0.1, -0.05) is 12.1 Å². The molecule has 0 spiro atoms. The molecule has 30 heavy (non-hydrogen) atoms. The molecule has 2 aromatic rings. The van der Waals surface area contributed by atoms with Gasteiger partial charge in [-0.15, -0.1) is 13.2 Å². The fraction of sp³-hybridized carbons (Fsp3) is 0.429. The highest BCUT2D eigenvalue weighted by atomic mass is 19.4. The van der Waals surface area contributed by atoms with E-state index in [0.717, 1.165) is 25.9 Å². The summed E-state index contributed by atoms with van der Waals surface area (Å²) in [7, 11) is 0. The lowest BCUT2D eigenvalue weighted by Crippen LogP contribution is -2.37. The summed E-state index contributed by atoms with van der Waals surface area (Å²) in [5.41, 5.74) is 0.646. The summed E-state index contributed by atoms with van der Waals surface area (Å²) in [6.07, 6.45) is -1.02. The smallest absolute Gasteiger partial charge is 0.406 e. The maximum atomic E-state index is 12.9. The predicted molar refractivity (Wildman–Crippen MR) is 105 cm³/mol. The quantitative estimate of drug-likeness (QED) is 0.750. The molecule has 1 aromatic carbocycles. The highest BCUT2D eigenvalue weighted by molar-refractivity contribution is 5.95. The minimum atomic E-state index is -4.79. The zero-order chi connectivity index (χ0) is 21.7. The van der Waals surface area contributed by atoms with Gasteiger partial charge in [-0.25, -0.2) is 0 Å². The Morgan fingerprint density at radius 2 is 2.13 bits per heavy atom. The highest BCUT2D eigenvalue weighted by Crippen LogP contribution is 2.23. The molecule has 0 aliphatic carbocycles. The molecule has 0 radical (unpaired) electrons. The number of pyridine rings is 1. The number of nitrogens with one attached hydrogen (secondary N) is 2. The monoisotopic (exact) mass is 423 g/mol. The summed E-state index contributed by atoms with van der Waals surface area (Å²) in [4.78, 5) is 25.5. The van der Waals surface area contributed by atoms with Crippen molar-refractivity contribution >= 4 is 5.91 Å². The van der Waals surface area contributed by atoms with Crippen LogP contribution in [0.15, 0.2) is 41.3 Å². The lowest BCUT2D eigenvalue weighted by molar-refractivity contribution is -0.274. The Morgan fingerprint density at radius 1 is 1.33 bits per heavy atom. The van der Waals surface area contributed by atoms with Crippen molar-refractivity contribution in [1.82, 2.24) is 15.2 Å². The van der Waals surface area contributed by atoms with Crippen LogP contribution in [0.1, 0.15) is 34.3 Å². The molecular weight excluding hydrogens is 399 g/mol. The number of ether oxygens (including phenoxy) is 1. The molecule has 162 valence electrons. The van der Waals surface area contributed by atoms with Crippen molar-refractivity contribution in [3.8, 4) is 5.75 Å². The number of carbonyl (C=O) groups is 1. The Bertz CT molecular complexity index is 950. The van der Waals surface area contributed by atoms with E-state index in [1.54, 1.807) is 29.8 Å². The number of amides is 1. The van der Waals surface area contributed by atoms with Crippen LogP contribution >= 0.6 is 0 Å². The van der Waals surface area contributed by atoms with Crippen LogP contribution in [0.5, 0.6) is 5.75 Å². The third kappa shape index (κ3) is 5.85. The van der Waals surface area contributed by atoms with Gasteiger partial charge in [-0.2, -0.15) is 0 Å². The Balaban J connectivity index is 1.70. The topological polar surface area (TPSA) is 72.4 Å². The Labute approximate surface area is 172 Å². The number of hydrogen-bond donors (Lipinski definition) is 2. The fourth-order valence-electron chi connectivity index (χ4n) is 3.57. The maximum Gasteiger partial charge on any atom is 0.573 e. The SMILES string of the molecule is Cc1ccn(CC2CCCNC2)c(=O)c1C(=O)NCc1cccc(OC(F)(F)F)c1. The van der Waals surface area contributed by atoms with Crippen molar-refractivity contribution in [2.75, 3.05) is 13.1 Å². The highest BCUT2D eigenvalue weighted by Gasteiger charge is 2.31. The van der Waals surface area contributed by atoms with E-state index in [1.807, 2.05) is 0 Å². The summed E-state index contributed by atoms with van der Waals surface area (Å²) in [5.74, 6) is -0.601. The van der Waals surface area contributed by atoms with Crippen molar-refractivity contribution in [3.05, 3.63) is 63.6 Å². The van der Waals surface area contributed by atoms with Crippen LogP contribution in [-0.2, 0) is 13.1 Å². The van der Waals surface area contributed by atoms with Crippen LogP contribution in [0.2, 0.25) is 0 Å². The number of carbonyl (C=O) groups excluding carboxylic acids is 1. The number of alkyl halides is 3. The largest absolute Gasteiger partial charge is 0.573 e. The number of halogens is 3. The summed E-state index contributed by atoms with van der Waals surface area (Å²) in [6.45, 7) is 3.98. The molecule has 1 aromatic heterocycles. The van der Waals surface area contributed by atoms with E-state index in [4.69, 9.17) is 0 Å². The molecule has 9 heteroatoms. The summed E-state index contributed by atoms with van der Waals surface area (Å²) in [5, 5.41) is 5.92. The van der Waals surface area contributed by atoms with E-state index in [-0.39, 0.29) is 23.4 Å². The second kappa shape index (κ2) is 9.34. The lowest BCUT2D eigenvalue weighted by Gasteiger charge is -2.23. The molecule has 6 nitrogen and oxygen atoms in total. The van der Waals surface area contributed by atoms with Crippen LogP contribution in [-0.4, -0.2) is 29.9 Å². The van der Waals surface area contributed by atoms with Gasteiger partial charge in [-0.05, 0) is 68.1 Å². The van der Waals surface area contributed by atoms with Gasteiger partial charge in [0.05, 0.1) is 0 Å². The molecule has 3 rings (SSSR count). The summed E-state index contributed by atoms with van der Waals surface area (Å²) < 4.78 is 42.6. The number of piperidine rings is 1. The van der Waals surface area contributed by atoms with Crippen LogP contribution in [0, 0.1) is 12.8 Å². The first-order chi connectivity index (χ1) is 14.2. The third-order valence-electron chi connectivity index (χ3n) is 5.04. The minimum Gasteiger partial charge on any atom is -0.406 e. The summed E-state index contributed by atoms with van der Waals surface area (Å²) >= 11 is 0. The van der Waals surface area contributed by atoms with Gasteiger partial charge in [0.1, 0.15) is 11.3 Å². The van der Waals surface area contributed by atoms with Crippen molar-refractivity contribution in [1.29, 1.82) is 0 Å². The van der Waals surface area contributed by atoms with Gasteiger partial charge in [-0.3, -0.25) is 9.59 Å². The van der Waals surface area contributed by atoms with Crippen molar-refractivity contribution < 1.29 is 22.7 Å². The van der Waals surface area contributed by atoms with E-state index < -0.39 is 12.3 Å². The van der Waals surface area contributed by atoms with Gasteiger partial charge in [0.15, 0.2) is 0 Å². The Hall–Kier alpha value is -2.81. The fourth-order valence-corrected chi connectivity index (χ4v) is 3.57. The van der Waals surface area contributed by atoms with Gasteiger partial charge >= 0.3 is 6.36 Å². The first-order valence-corrected chi connectivity index (χ1v) is 9.76. The second-order valence-electron chi connectivity index (χ2n) is 7.42. The van der Waals surface area contributed by atoms with E-state index in [0.29, 0.717) is 23.6 Å². The summed E-state index contributed by atoms with van der Waals surface area (Å²) in [6, 6.07) is 7.07. The van der Waals surface area contributed by atoms with Gasteiger partial charge in [0.25, 0.3) is 11.5 Å². The van der Waals surface area contributed by atoms with Gasteiger partial charge in [0, 0.05) is 19.3 Å². The number of aryl methyl sites for hydroxylation is 1. The molecule has 1 aliphatic heterocycles. The van der Waals surface area contributed by atoms with Crippen molar-refractivity contribution in [3.63, 3.8) is 0 Å². The maximum absolute atomic E-state index is 12.9. The molecule has 1 atom stereocenters. The standard InChI is InChI=1S/C21H24F3N3O3/c1-14-7-9-27(13-16-5-3-8-25-11-16)20(29)18(14)19(28)26-12-15-4-2-6-17(10-15)30-21(22,23)24/h2,4,6-7,9-10,16,25H,3,5,8,11-13H2,1H3,(H,26,28). The van der Waals surface area contributed by atoms with Crippen molar-refractivity contribution in [2.45, 2.75) is 39.2 Å². The normalized spacial score (nSPS) is 16.9. The number of aromatic nitrogens is 1. The number of rotatable bonds is 6. The lowest BCUT2D eigenvalue weighted by atomic mass is 9.99. The van der Waals surface area contributed by atoms with Gasteiger partial charge < -0.3 is 19.9 Å². The van der Waals surface area contributed by atoms with Crippen LogP contribution in [0.3, 0.4) is 0 Å². The second-order valence-corrected chi connectivity index (χ2v) is 7.42. The first-order valence-electron chi connectivity index (χ1n) is 9.76. The van der Waals surface area contributed by atoms with E-state index in [1.165, 1.54) is 18.2 Å². The molecule has 2 heterocycles. The van der Waals surface area contributed by atoms with Gasteiger partial charge in [0.2, 0.25) is 0 Å². The molecular formula is C21H24F3N3O3. The third-order valence-corrected chi connectivity index (χ3v) is 5.04. The van der Waals surface area contributed by atoms with E-state index >= 15 is 0 Å². The zero-order valence-corrected chi connectivity index (χ0v) is 16.6. The van der Waals surface area contributed by atoms with Crippen LogP contribution in [0.4, 0.5) is 13.2 Å². The van der Waals surface area contributed by atoms with E-state index in [2.05, 4.69) is 15.4 Å². The molecule has 0 saturated carbocycles. The molecule has 1 unspecified atom stereocenters. The zero-order valence-electron chi connectivity index (χ0n) is 16.6. The molecule has 2 N–H and O–H groups in total. The average molecular weight is 423 g/mol. The molecule has 1 aliphatic rings. The number of benzene rings is 1. The Kier molecular flexibility index (Phi) is 6.81. The molecule has 1 fully saturated rings. The number of hydrogen-bond acceptors (Lipinski definition) is 4. The molecule has 0 bridgehead atoms. The van der Waals surface area contributed by atoms with Crippen LogP contribution < -0.4 is 20.9 Å². The minimum absolute atomic E-state index is 0.0335. The average Bonchev–Trinajstić information content (AvgIpc) is 2.68. The first kappa shape index (κ1) is 21.9. The van der Waals surface area contributed by atoms with Crippen molar-refractivity contribution in [2.24, 2.45) is 5.92 Å². The van der Waals surface area contributed by atoms with E-state index in [9.17, 15) is 22.8 Å². The predicted octanol–water partition coefficient (Wildman–Crippen LogP) is 2.98. The van der Waals surface area contributed by atoms with Crippen LogP contribution in [0.25, 0.3) is 0 Å². The Morgan fingerprint density at radius 3 is 2.83 bits per heavy atom.